The Bertz CT molecular complexity index is 1770. The molecule has 9 heteroatoms. The summed E-state index contributed by atoms with van der Waals surface area (Å²) in [4.78, 5) is 31.8. The molecule has 3 aromatic carbocycles. The number of pyridine rings is 1. The summed E-state index contributed by atoms with van der Waals surface area (Å²) < 4.78 is 13.9. The molecule has 0 aliphatic carbocycles. The number of benzene rings is 3. The molecule has 2 aromatic heterocycles. The number of hydrogen-bond donors (Lipinski definition) is 1. The molecule has 45 heavy (non-hydrogen) atoms. The van der Waals surface area contributed by atoms with Gasteiger partial charge in [-0.3, -0.25) is 9.48 Å². The number of nitrogens with one attached hydrogen (secondary N) is 1. The van der Waals surface area contributed by atoms with Crippen LogP contribution in [0.5, 0.6) is 5.88 Å². The fourth-order valence-corrected chi connectivity index (χ4v) is 5.68. The van der Waals surface area contributed by atoms with Gasteiger partial charge < -0.3 is 19.7 Å². The lowest BCUT2D eigenvalue weighted by Crippen LogP contribution is -2.48. The second-order valence-electron chi connectivity index (χ2n) is 12.2. The number of fused-ring (bicyclic) bond motifs is 1. The molecule has 0 spiro atoms. The highest BCUT2D eigenvalue weighted by atomic mass is 16.6. The molecular formula is C36H37N5O4. The van der Waals surface area contributed by atoms with Crippen LogP contribution in [0, 0.1) is 0 Å². The van der Waals surface area contributed by atoms with Crippen molar-refractivity contribution in [2.45, 2.75) is 51.4 Å². The number of carbonyl (C=O) groups is 2. The van der Waals surface area contributed by atoms with Crippen molar-refractivity contribution >= 4 is 28.6 Å². The van der Waals surface area contributed by atoms with Crippen molar-refractivity contribution in [3.63, 3.8) is 0 Å². The van der Waals surface area contributed by atoms with E-state index in [1.165, 1.54) is 0 Å². The quantitative estimate of drug-likeness (QED) is 0.219. The lowest BCUT2D eigenvalue weighted by molar-refractivity contribution is -0.120. The van der Waals surface area contributed by atoms with Crippen molar-refractivity contribution < 1.29 is 19.1 Å². The monoisotopic (exact) mass is 603 g/mol. The van der Waals surface area contributed by atoms with Crippen LogP contribution in [0.25, 0.3) is 22.2 Å². The average molecular weight is 604 g/mol. The van der Waals surface area contributed by atoms with Crippen LogP contribution in [-0.4, -0.2) is 45.0 Å². The molecule has 1 saturated heterocycles. The summed E-state index contributed by atoms with van der Waals surface area (Å²) in [5.41, 5.74) is 4.62. The summed E-state index contributed by atoms with van der Waals surface area (Å²) in [6.07, 6.45) is 1.69. The smallest absolute Gasteiger partial charge is 0.407 e. The van der Waals surface area contributed by atoms with E-state index in [0.717, 1.165) is 39.0 Å². The minimum Gasteiger partial charge on any atom is -0.464 e. The van der Waals surface area contributed by atoms with Crippen LogP contribution in [0.2, 0.25) is 0 Å². The molecule has 1 fully saturated rings. The fraction of sp³-hybridized carbons (Fsp3) is 0.278. The van der Waals surface area contributed by atoms with Gasteiger partial charge in [-0.25, -0.2) is 9.78 Å². The highest BCUT2D eigenvalue weighted by molar-refractivity contribution is 6.00. The van der Waals surface area contributed by atoms with E-state index in [2.05, 4.69) is 34.6 Å². The molecule has 0 bridgehead atoms. The molecule has 2 amide bonds. The van der Waals surface area contributed by atoms with Crippen molar-refractivity contribution in [1.29, 1.82) is 0 Å². The number of piperidine rings is 1. The summed E-state index contributed by atoms with van der Waals surface area (Å²) in [6, 6.07) is 29.7. The Morgan fingerprint density at radius 2 is 1.64 bits per heavy atom. The molecule has 230 valence electrons. The molecule has 5 aromatic rings. The number of nitrogens with zero attached hydrogens (tertiary/aromatic N) is 4. The van der Waals surface area contributed by atoms with Crippen LogP contribution in [0.1, 0.15) is 50.8 Å². The molecule has 1 atom stereocenters. The van der Waals surface area contributed by atoms with Gasteiger partial charge in [0.25, 0.3) is 0 Å². The Balaban J connectivity index is 1.26. The summed E-state index contributed by atoms with van der Waals surface area (Å²) >= 11 is 0. The number of aromatic nitrogens is 3. The molecule has 1 unspecified atom stereocenters. The highest BCUT2D eigenvalue weighted by Crippen LogP contribution is 2.38. The van der Waals surface area contributed by atoms with Gasteiger partial charge >= 0.3 is 6.09 Å². The van der Waals surface area contributed by atoms with Crippen LogP contribution < -0.4 is 15.0 Å². The molecule has 1 N–H and O–H groups in total. The molecule has 0 saturated carbocycles. The molecule has 0 radical (unpaired) electrons. The first-order chi connectivity index (χ1) is 21.7. The second kappa shape index (κ2) is 12.4. The fourth-order valence-electron chi connectivity index (χ4n) is 5.68. The Morgan fingerprint density at radius 1 is 0.956 bits per heavy atom. The van der Waals surface area contributed by atoms with Gasteiger partial charge in [0.2, 0.25) is 11.8 Å². The lowest BCUT2D eigenvalue weighted by atomic mass is 10.0. The largest absolute Gasteiger partial charge is 0.464 e. The minimum atomic E-state index is -0.597. The van der Waals surface area contributed by atoms with Gasteiger partial charge in [-0.05, 0) is 68.7 Å². The van der Waals surface area contributed by atoms with E-state index < -0.39 is 11.7 Å². The standard InChI is InChI=1S/C36H37N5O4/c1-36(2,3)45-35(43)38-26-19-21-41(31(42)22-26)27-17-18-28-30(23-27)40(4)39-32(28)29-16-11-20-37-34(29)44-33(24-12-7-5-8-13-24)25-14-9-6-10-15-25/h5-18,20,23,26,33H,19,21-22H2,1-4H3,(H,38,43). The topological polar surface area (TPSA) is 98.6 Å². The van der Waals surface area contributed by atoms with E-state index in [4.69, 9.17) is 14.6 Å². The van der Waals surface area contributed by atoms with Gasteiger partial charge in [-0.15, -0.1) is 0 Å². The van der Waals surface area contributed by atoms with Gasteiger partial charge in [-0.1, -0.05) is 60.7 Å². The third-order valence-corrected chi connectivity index (χ3v) is 7.75. The second-order valence-corrected chi connectivity index (χ2v) is 12.2. The van der Waals surface area contributed by atoms with E-state index in [1.807, 2.05) is 99.2 Å². The summed E-state index contributed by atoms with van der Waals surface area (Å²) in [6.45, 7) is 5.93. The third kappa shape index (κ3) is 6.67. The van der Waals surface area contributed by atoms with Crippen molar-refractivity contribution in [1.82, 2.24) is 20.1 Å². The SMILES string of the molecule is Cn1nc(-c2cccnc2OC(c2ccccc2)c2ccccc2)c2ccc(N3CCC(NC(=O)OC(C)(C)C)CC3=O)cc21. The van der Waals surface area contributed by atoms with Crippen LogP contribution >= 0.6 is 0 Å². The number of hydrogen-bond acceptors (Lipinski definition) is 6. The predicted molar refractivity (Wildman–Crippen MR) is 174 cm³/mol. The lowest BCUT2D eigenvalue weighted by Gasteiger charge is -2.32. The Kier molecular flexibility index (Phi) is 8.26. The number of amides is 2. The van der Waals surface area contributed by atoms with Gasteiger partial charge in [0.1, 0.15) is 11.3 Å². The Morgan fingerprint density at radius 3 is 2.29 bits per heavy atom. The van der Waals surface area contributed by atoms with Crippen molar-refractivity contribution in [3.05, 3.63) is 108 Å². The van der Waals surface area contributed by atoms with Crippen molar-refractivity contribution in [2.75, 3.05) is 11.4 Å². The Labute approximate surface area is 262 Å². The third-order valence-electron chi connectivity index (χ3n) is 7.75. The van der Waals surface area contributed by atoms with Crippen LogP contribution in [-0.2, 0) is 16.6 Å². The number of alkyl carbamates (subject to hydrolysis) is 1. The number of ether oxygens (including phenoxy) is 2. The first-order valence-corrected chi connectivity index (χ1v) is 15.1. The molecule has 1 aliphatic heterocycles. The van der Waals surface area contributed by atoms with E-state index in [1.54, 1.807) is 11.1 Å². The summed E-state index contributed by atoms with van der Waals surface area (Å²) in [7, 11) is 1.89. The van der Waals surface area contributed by atoms with E-state index >= 15 is 0 Å². The molecular weight excluding hydrogens is 566 g/mol. The van der Waals surface area contributed by atoms with E-state index in [9.17, 15) is 9.59 Å². The number of rotatable bonds is 7. The summed E-state index contributed by atoms with van der Waals surface area (Å²) in [5, 5.41) is 8.64. The molecule has 3 heterocycles. The van der Waals surface area contributed by atoms with Gasteiger partial charge in [0, 0.05) is 43.3 Å². The maximum absolute atomic E-state index is 13.2. The highest BCUT2D eigenvalue weighted by Gasteiger charge is 2.30. The van der Waals surface area contributed by atoms with Gasteiger partial charge in [0.15, 0.2) is 6.10 Å². The summed E-state index contributed by atoms with van der Waals surface area (Å²) in [5.74, 6) is 0.425. The van der Waals surface area contributed by atoms with Crippen molar-refractivity contribution in [2.24, 2.45) is 7.05 Å². The van der Waals surface area contributed by atoms with E-state index in [0.29, 0.717) is 18.8 Å². The van der Waals surface area contributed by atoms with Crippen LogP contribution in [0.15, 0.2) is 97.2 Å². The molecule has 9 nitrogen and oxygen atoms in total. The van der Waals surface area contributed by atoms with E-state index in [-0.39, 0.29) is 24.5 Å². The Hall–Kier alpha value is -5.18. The normalized spacial score (nSPS) is 15.4. The zero-order valence-corrected chi connectivity index (χ0v) is 25.9. The van der Waals surface area contributed by atoms with Crippen LogP contribution in [0.3, 0.4) is 0 Å². The first kappa shape index (κ1) is 29.9. The van der Waals surface area contributed by atoms with Crippen LogP contribution in [0.4, 0.5) is 10.5 Å². The van der Waals surface area contributed by atoms with Gasteiger partial charge in [0.05, 0.1) is 11.1 Å². The number of anilines is 1. The van der Waals surface area contributed by atoms with Gasteiger partial charge in [-0.2, -0.15) is 5.10 Å². The average Bonchev–Trinajstić information content (AvgIpc) is 3.35. The maximum Gasteiger partial charge on any atom is 0.407 e. The maximum atomic E-state index is 13.2. The zero-order chi connectivity index (χ0) is 31.6. The molecule has 1 aliphatic rings. The minimum absolute atomic E-state index is 0.0557. The van der Waals surface area contributed by atoms with Crippen molar-refractivity contribution in [3.8, 4) is 17.1 Å². The predicted octanol–water partition coefficient (Wildman–Crippen LogP) is 6.82. The number of aryl methyl sites for hydroxylation is 1. The zero-order valence-electron chi connectivity index (χ0n) is 25.9. The molecule has 6 rings (SSSR count). The first-order valence-electron chi connectivity index (χ1n) is 15.1. The number of carbonyl (C=O) groups excluding carboxylic acids is 2.